The van der Waals surface area contributed by atoms with Crippen molar-refractivity contribution in [2.45, 2.75) is 19.3 Å². The summed E-state index contributed by atoms with van der Waals surface area (Å²) in [5.41, 5.74) is 2.54. The van der Waals surface area contributed by atoms with Crippen LogP contribution < -0.4 is 5.32 Å². The number of benzene rings is 2. The van der Waals surface area contributed by atoms with Crippen LogP contribution in [0.4, 0.5) is 0 Å². The average molecular weight is 326 g/mol. The van der Waals surface area contributed by atoms with Gasteiger partial charge in [-0.05, 0) is 35.7 Å². The molecule has 0 saturated heterocycles. The van der Waals surface area contributed by atoms with E-state index < -0.39 is 13.4 Å². The smallest absolute Gasteiger partial charge is 0.323 e. The van der Waals surface area contributed by atoms with Crippen LogP contribution in [0, 0.1) is 6.92 Å². The van der Waals surface area contributed by atoms with Crippen molar-refractivity contribution in [3.05, 3.63) is 70.2 Å². The quantitative estimate of drug-likeness (QED) is 0.734. The fourth-order valence-corrected chi connectivity index (χ4v) is 3.20. The molecule has 21 heavy (non-hydrogen) atoms. The zero-order chi connectivity index (χ0) is 15.5. The molecule has 2 aromatic carbocycles. The van der Waals surface area contributed by atoms with E-state index in [1.165, 1.54) is 0 Å². The highest BCUT2D eigenvalue weighted by atomic mass is 35.5. The van der Waals surface area contributed by atoms with Crippen molar-refractivity contribution in [3.8, 4) is 0 Å². The van der Waals surface area contributed by atoms with Gasteiger partial charge in [-0.2, -0.15) is 0 Å². The van der Waals surface area contributed by atoms with Crippen LogP contribution in [0.3, 0.4) is 0 Å². The largest absolute Gasteiger partial charge is 0.346 e. The lowest BCUT2D eigenvalue weighted by Crippen LogP contribution is -2.21. The summed E-state index contributed by atoms with van der Waals surface area (Å²) in [4.78, 5) is 19.1. The lowest BCUT2D eigenvalue weighted by atomic mass is 10.1. The third-order valence-corrected chi connectivity index (χ3v) is 4.64. The molecule has 0 fully saturated rings. The van der Waals surface area contributed by atoms with Gasteiger partial charge in [0, 0.05) is 11.6 Å². The molecule has 4 nitrogen and oxygen atoms in total. The van der Waals surface area contributed by atoms with Gasteiger partial charge < -0.3 is 9.79 Å². The van der Waals surface area contributed by atoms with E-state index in [-0.39, 0.29) is 0 Å². The molecule has 0 bridgehead atoms. The Labute approximate surface area is 128 Å². The molecule has 0 amide bonds. The van der Waals surface area contributed by atoms with Gasteiger partial charge in [-0.1, -0.05) is 48.0 Å². The Morgan fingerprint density at radius 2 is 1.90 bits per heavy atom. The molecule has 0 saturated carbocycles. The van der Waals surface area contributed by atoms with Crippen LogP contribution in [0.2, 0.25) is 5.02 Å². The van der Waals surface area contributed by atoms with Gasteiger partial charge in [-0.25, -0.2) is 0 Å². The third kappa shape index (κ3) is 4.40. The Balaban J connectivity index is 2.23. The van der Waals surface area contributed by atoms with E-state index in [1.807, 2.05) is 31.2 Å². The van der Waals surface area contributed by atoms with Crippen LogP contribution in [-0.4, -0.2) is 9.79 Å². The highest BCUT2D eigenvalue weighted by molar-refractivity contribution is 7.52. The predicted molar refractivity (Wildman–Crippen MR) is 84.3 cm³/mol. The number of nitrogens with one attached hydrogen (secondary N) is 1. The van der Waals surface area contributed by atoms with E-state index >= 15 is 0 Å². The minimum absolute atomic E-state index is 0.370. The second kappa shape index (κ2) is 6.73. The van der Waals surface area contributed by atoms with Crippen molar-refractivity contribution >= 4 is 19.2 Å². The molecule has 1 atom stereocenters. The fraction of sp³-hybridized carbons (Fsp3) is 0.200. The molecule has 112 valence electrons. The summed E-state index contributed by atoms with van der Waals surface area (Å²) in [7, 11) is -4.34. The third-order valence-electron chi connectivity index (χ3n) is 3.25. The normalized spacial score (nSPS) is 13.1. The standard InChI is InChI=1S/C15H17ClNO3P/c1-11-5-2-3-6-13(11)10-17-15(21(18,19)20)12-7-4-8-14(16)9-12/h2-9,15,17H,10H2,1H3,(H2,18,19,20). The first-order valence-corrected chi connectivity index (χ1v) is 8.52. The van der Waals surface area contributed by atoms with Crippen LogP contribution in [0.1, 0.15) is 22.5 Å². The van der Waals surface area contributed by atoms with Gasteiger partial charge in [0.15, 0.2) is 0 Å². The molecular formula is C15H17ClNO3P. The van der Waals surface area contributed by atoms with E-state index in [1.54, 1.807) is 24.3 Å². The van der Waals surface area contributed by atoms with E-state index in [0.29, 0.717) is 17.1 Å². The monoisotopic (exact) mass is 325 g/mol. The molecule has 0 aliphatic carbocycles. The van der Waals surface area contributed by atoms with Crippen molar-refractivity contribution < 1.29 is 14.4 Å². The lowest BCUT2D eigenvalue weighted by molar-refractivity contribution is 0.347. The van der Waals surface area contributed by atoms with Crippen molar-refractivity contribution in [1.82, 2.24) is 5.32 Å². The maximum Gasteiger partial charge on any atom is 0.346 e. The summed E-state index contributed by atoms with van der Waals surface area (Å²) in [5, 5.41) is 3.39. The number of hydrogen-bond donors (Lipinski definition) is 3. The summed E-state index contributed by atoms with van der Waals surface area (Å²) in [6.45, 7) is 2.33. The second-order valence-electron chi connectivity index (χ2n) is 4.85. The van der Waals surface area contributed by atoms with Gasteiger partial charge in [0.1, 0.15) is 5.78 Å². The molecule has 1 unspecified atom stereocenters. The summed E-state index contributed by atoms with van der Waals surface area (Å²) < 4.78 is 11.7. The van der Waals surface area contributed by atoms with Crippen LogP contribution in [0.5, 0.6) is 0 Å². The van der Waals surface area contributed by atoms with Crippen molar-refractivity contribution in [2.75, 3.05) is 0 Å². The van der Waals surface area contributed by atoms with Gasteiger partial charge >= 0.3 is 7.60 Å². The van der Waals surface area contributed by atoms with Gasteiger partial charge in [0.2, 0.25) is 0 Å². The molecule has 0 heterocycles. The molecule has 6 heteroatoms. The summed E-state index contributed by atoms with van der Waals surface area (Å²) in [5.74, 6) is -1.07. The lowest BCUT2D eigenvalue weighted by Gasteiger charge is -2.21. The maximum atomic E-state index is 11.7. The predicted octanol–water partition coefficient (Wildman–Crippen LogP) is 3.61. The van der Waals surface area contributed by atoms with Gasteiger partial charge in [-0.3, -0.25) is 9.88 Å². The molecule has 0 aliphatic heterocycles. The first kappa shape index (κ1) is 16.2. The highest BCUT2D eigenvalue weighted by Gasteiger charge is 2.30. The van der Waals surface area contributed by atoms with E-state index in [9.17, 15) is 14.4 Å². The first-order valence-electron chi connectivity index (χ1n) is 6.46. The highest BCUT2D eigenvalue weighted by Crippen LogP contribution is 2.50. The van der Waals surface area contributed by atoms with Crippen molar-refractivity contribution in [2.24, 2.45) is 0 Å². The SMILES string of the molecule is Cc1ccccc1CNC(c1cccc(Cl)c1)P(=O)(O)O. The minimum Gasteiger partial charge on any atom is -0.323 e. The molecule has 2 aromatic rings. The second-order valence-corrected chi connectivity index (χ2v) is 6.99. The van der Waals surface area contributed by atoms with Crippen LogP contribution >= 0.6 is 19.2 Å². The zero-order valence-electron chi connectivity index (χ0n) is 11.5. The zero-order valence-corrected chi connectivity index (χ0v) is 13.2. The minimum atomic E-state index is -4.34. The molecule has 0 radical (unpaired) electrons. The number of aryl methyl sites for hydroxylation is 1. The van der Waals surface area contributed by atoms with Gasteiger partial charge in [-0.15, -0.1) is 0 Å². The van der Waals surface area contributed by atoms with Crippen LogP contribution in [0.15, 0.2) is 48.5 Å². The molecule has 0 spiro atoms. The van der Waals surface area contributed by atoms with Gasteiger partial charge in [0.25, 0.3) is 0 Å². The molecule has 0 aromatic heterocycles. The molecule has 2 rings (SSSR count). The first-order chi connectivity index (χ1) is 9.88. The summed E-state index contributed by atoms with van der Waals surface area (Å²) in [6, 6.07) is 14.3. The molecular weight excluding hydrogens is 309 g/mol. The van der Waals surface area contributed by atoms with Gasteiger partial charge in [0.05, 0.1) is 0 Å². The molecule has 0 aliphatic rings. The van der Waals surface area contributed by atoms with E-state index in [4.69, 9.17) is 11.6 Å². The fourth-order valence-electron chi connectivity index (χ4n) is 2.12. The van der Waals surface area contributed by atoms with Crippen LogP contribution in [0.25, 0.3) is 0 Å². The maximum absolute atomic E-state index is 11.7. The Bertz CT molecular complexity index is 671. The Morgan fingerprint density at radius 3 is 2.52 bits per heavy atom. The van der Waals surface area contributed by atoms with Crippen LogP contribution in [-0.2, 0) is 11.1 Å². The number of hydrogen-bond acceptors (Lipinski definition) is 2. The summed E-state index contributed by atoms with van der Waals surface area (Å²) >= 11 is 5.90. The van der Waals surface area contributed by atoms with E-state index in [0.717, 1.165) is 11.1 Å². The Morgan fingerprint density at radius 1 is 1.19 bits per heavy atom. The summed E-state index contributed by atoms with van der Waals surface area (Å²) in [6.07, 6.45) is 0. The number of halogens is 1. The Kier molecular flexibility index (Phi) is 5.20. The Hall–Kier alpha value is -1.16. The van der Waals surface area contributed by atoms with Crippen molar-refractivity contribution in [3.63, 3.8) is 0 Å². The van der Waals surface area contributed by atoms with E-state index in [2.05, 4.69) is 5.32 Å². The average Bonchev–Trinajstić information content (AvgIpc) is 2.39. The topological polar surface area (TPSA) is 69.6 Å². The molecule has 3 N–H and O–H groups in total. The number of rotatable bonds is 5. The van der Waals surface area contributed by atoms with Crippen molar-refractivity contribution in [1.29, 1.82) is 0 Å².